The molecule has 0 aromatic rings. The molecule has 3 atom stereocenters. The topological polar surface area (TPSA) is 15.3 Å². The van der Waals surface area contributed by atoms with Crippen molar-refractivity contribution < 1.29 is 0 Å². The molecule has 0 aliphatic carbocycles. The Labute approximate surface area is 101 Å². The van der Waals surface area contributed by atoms with Crippen molar-refractivity contribution in [3.05, 3.63) is 0 Å². The van der Waals surface area contributed by atoms with Gasteiger partial charge in [0.1, 0.15) is 0 Å². The summed E-state index contributed by atoms with van der Waals surface area (Å²) in [6.45, 7) is 8.09. The van der Waals surface area contributed by atoms with Gasteiger partial charge in [0.25, 0.3) is 0 Å². The van der Waals surface area contributed by atoms with Crippen molar-refractivity contribution in [2.45, 2.75) is 64.6 Å². The highest BCUT2D eigenvalue weighted by Gasteiger charge is 2.41. The Hall–Kier alpha value is -0.0800. The fraction of sp³-hybridized carbons (Fsp3) is 1.00. The third-order valence-electron chi connectivity index (χ3n) is 4.80. The van der Waals surface area contributed by atoms with Gasteiger partial charge < -0.3 is 10.2 Å². The van der Waals surface area contributed by atoms with Gasteiger partial charge in [-0.1, -0.05) is 20.8 Å². The molecule has 2 bridgehead atoms. The van der Waals surface area contributed by atoms with Crippen molar-refractivity contribution in [2.75, 3.05) is 13.6 Å². The van der Waals surface area contributed by atoms with Crippen molar-refractivity contribution in [1.29, 1.82) is 0 Å². The van der Waals surface area contributed by atoms with Gasteiger partial charge in [-0.15, -0.1) is 0 Å². The summed E-state index contributed by atoms with van der Waals surface area (Å²) in [5.41, 5.74) is 0. The Kier molecular flexibility index (Phi) is 3.91. The Balaban J connectivity index is 1.99. The van der Waals surface area contributed by atoms with Crippen LogP contribution in [0.25, 0.3) is 0 Å². The number of fused-ring (bicyclic) bond motifs is 2. The van der Waals surface area contributed by atoms with Crippen LogP contribution in [0.3, 0.4) is 0 Å². The van der Waals surface area contributed by atoms with Gasteiger partial charge in [-0.25, -0.2) is 0 Å². The number of rotatable bonds is 4. The summed E-state index contributed by atoms with van der Waals surface area (Å²) in [4.78, 5) is 2.64. The standard InChI is InChI=1S/C14H28N2/c1-5-15-14(10(2)3)11-8-12-6-7-13(9-11)16(12)4/h10-15H,5-9H2,1-4H3. The van der Waals surface area contributed by atoms with E-state index in [9.17, 15) is 0 Å². The third-order valence-corrected chi connectivity index (χ3v) is 4.80. The number of hydrogen-bond acceptors (Lipinski definition) is 2. The zero-order chi connectivity index (χ0) is 11.7. The Morgan fingerprint density at radius 3 is 2.19 bits per heavy atom. The van der Waals surface area contributed by atoms with Crippen LogP contribution in [0.15, 0.2) is 0 Å². The molecule has 2 rings (SSSR count). The van der Waals surface area contributed by atoms with Crippen LogP contribution in [0.2, 0.25) is 0 Å². The summed E-state index contributed by atoms with van der Waals surface area (Å²) >= 11 is 0. The summed E-state index contributed by atoms with van der Waals surface area (Å²) in [5.74, 6) is 1.68. The number of hydrogen-bond donors (Lipinski definition) is 1. The molecule has 0 aromatic heterocycles. The second-order valence-electron chi connectivity index (χ2n) is 6.11. The van der Waals surface area contributed by atoms with Gasteiger partial charge >= 0.3 is 0 Å². The molecule has 2 saturated heterocycles. The smallest absolute Gasteiger partial charge is 0.0119 e. The Bertz CT molecular complexity index is 213. The average Bonchev–Trinajstić information content (AvgIpc) is 2.50. The molecular formula is C14H28N2. The lowest BCUT2D eigenvalue weighted by Gasteiger charge is -2.41. The fourth-order valence-corrected chi connectivity index (χ4v) is 3.93. The summed E-state index contributed by atoms with van der Waals surface area (Å²) in [6, 6.07) is 2.49. The first-order chi connectivity index (χ1) is 7.63. The summed E-state index contributed by atoms with van der Waals surface area (Å²) < 4.78 is 0. The molecule has 3 unspecified atom stereocenters. The SMILES string of the molecule is CCNC(C(C)C)C1CC2CCC(C1)N2C. The third kappa shape index (κ3) is 2.28. The maximum atomic E-state index is 3.72. The van der Waals surface area contributed by atoms with Crippen molar-refractivity contribution >= 4 is 0 Å². The minimum absolute atomic E-state index is 0.738. The lowest BCUT2D eigenvalue weighted by molar-refractivity contribution is 0.101. The van der Waals surface area contributed by atoms with E-state index < -0.39 is 0 Å². The van der Waals surface area contributed by atoms with E-state index in [0.29, 0.717) is 0 Å². The summed E-state index contributed by atoms with van der Waals surface area (Å²) in [5, 5.41) is 3.72. The van der Waals surface area contributed by atoms with E-state index in [1.54, 1.807) is 0 Å². The molecule has 2 aliphatic rings. The predicted octanol–water partition coefficient (Wildman–Crippen LogP) is 2.49. The average molecular weight is 224 g/mol. The van der Waals surface area contributed by atoms with E-state index in [4.69, 9.17) is 0 Å². The first-order valence-corrected chi connectivity index (χ1v) is 7.08. The van der Waals surface area contributed by atoms with Crippen LogP contribution in [0, 0.1) is 11.8 Å². The Morgan fingerprint density at radius 2 is 1.75 bits per heavy atom. The first kappa shape index (κ1) is 12.4. The van der Waals surface area contributed by atoms with E-state index in [-0.39, 0.29) is 0 Å². The molecule has 2 nitrogen and oxygen atoms in total. The number of nitrogens with zero attached hydrogens (tertiary/aromatic N) is 1. The van der Waals surface area contributed by atoms with Crippen molar-refractivity contribution in [3.8, 4) is 0 Å². The molecule has 0 amide bonds. The van der Waals surface area contributed by atoms with Gasteiger partial charge in [0, 0.05) is 18.1 Å². The van der Waals surface area contributed by atoms with Gasteiger partial charge in [-0.2, -0.15) is 0 Å². The van der Waals surface area contributed by atoms with Crippen LogP contribution in [0.4, 0.5) is 0 Å². The fourth-order valence-electron chi connectivity index (χ4n) is 3.93. The van der Waals surface area contributed by atoms with Crippen LogP contribution < -0.4 is 5.32 Å². The molecule has 2 fully saturated rings. The number of piperidine rings is 1. The molecule has 0 radical (unpaired) electrons. The van der Waals surface area contributed by atoms with Crippen molar-refractivity contribution in [3.63, 3.8) is 0 Å². The van der Waals surface area contributed by atoms with Gasteiger partial charge in [0.2, 0.25) is 0 Å². The molecule has 0 spiro atoms. The number of nitrogens with one attached hydrogen (secondary N) is 1. The zero-order valence-corrected chi connectivity index (χ0v) is 11.4. The van der Waals surface area contributed by atoms with Gasteiger partial charge in [-0.3, -0.25) is 0 Å². The molecule has 0 aromatic carbocycles. The molecular weight excluding hydrogens is 196 g/mol. The maximum Gasteiger partial charge on any atom is 0.0119 e. The molecule has 2 heterocycles. The van der Waals surface area contributed by atoms with E-state index in [1.165, 1.54) is 25.7 Å². The zero-order valence-electron chi connectivity index (χ0n) is 11.4. The molecule has 1 N–H and O–H groups in total. The van der Waals surface area contributed by atoms with Crippen LogP contribution in [-0.4, -0.2) is 36.6 Å². The second-order valence-corrected chi connectivity index (χ2v) is 6.11. The molecule has 0 saturated carbocycles. The van der Waals surface area contributed by atoms with Crippen LogP contribution in [0.1, 0.15) is 46.5 Å². The highest BCUT2D eigenvalue weighted by Crippen LogP contribution is 2.39. The molecule has 2 heteroatoms. The molecule has 16 heavy (non-hydrogen) atoms. The second kappa shape index (κ2) is 5.05. The van der Waals surface area contributed by atoms with E-state index >= 15 is 0 Å². The lowest BCUT2D eigenvalue weighted by atomic mass is 9.80. The Morgan fingerprint density at radius 1 is 1.19 bits per heavy atom. The monoisotopic (exact) mass is 224 g/mol. The van der Waals surface area contributed by atoms with Crippen LogP contribution in [-0.2, 0) is 0 Å². The van der Waals surface area contributed by atoms with Gasteiger partial charge in [0.15, 0.2) is 0 Å². The minimum Gasteiger partial charge on any atom is -0.314 e. The summed E-state index contributed by atoms with van der Waals surface area (Å²) in [7, 11) is 2.33. The van der Waals surface area contributed by atoms with E-state index in [0.717, 1.165) is 36.5 Å². The highest BCUT2D eigenvalue weighted by molar-refractivity contribution is 4.97. The predicted molar refractivity (Wildman–Crippen MR) is 69.6 cm³/mol. The van der Waals surface area contributed by atoms with Gasteiger partial charge in [-0.05, 0) is 51.1 Å². The van der Waals surface area contributed by atoms with E-state index in [2.05, 4.69) is 38.0 Å². The maximum absolute atomic E-state index is 3.72. The van der Waals surface area contributed by atoms with Crippen molar-refractivity contribution in [2.24, 2.45) is 11.8 Å². The van der Waals surface area contributed by atoms with Crippen LogP contribution >= 0.6 is 0 Å². The lowest BCUT2D eigenvalue weighted by Crippen LogP contribution is -2.48. The molecule has 94 valence electrons. The van der Waals surface area contributed by atoms with E-state index in [1.807, 2.05) is 0 Å². The molecule has 2 aliphatic heterocycles. The normalized spacial score (nSPS) is 36.9. The quantitative estimate of drug-likeness (QED) is 0.789. The summed E-state index contributed by atoms with van der Waals surface area (Å²) in [6.07, 6.45) is 5.72. The van der Waals surface area contributed by atoms with Gasteiger partial charge in [0.05, 0.1) is 0 Å². The first-order valence-electron chi connectivity index (χ1n) is 7.08. The van der Waals surface area contributed by atoms with Crippen LogP contribution in [0.5, 0.6) is 0 Å². The van der Waals surface area contributed by atoms with Crippen molar-refractivity contribution in [1.82, 2.24) is 10.2 Å². The largest absolute Gasteiger partial charge is 0.314 e. The minimum atomic E-state index is 0.738. The highest BCUT2D eigenvalue weighted by atomic mass is 15.2.